The van der Waals surface area contributed by atoms with Gasteiger partial charge in [-0.25, -0.2) is 10.2 Å². The van der Waals surface area contributed by atoms with Gasteiger partial charge in [0.2, 0.25) is 5.91 Å². The lowest BCUT2D eigenvalue weighted by atomic mass is 10.0. The van der Waals surface area contributed by atoms with Gasteiger partial charge in [-0.3, -0.25) is 10.2 Å². The highest BCUT2D eigenvalue weighted by Crippen LogP contribution is 2.06. The van der Waals surface area contributed by atoms with Crippen molar-refractivity contribution in [3.63, 3.8) is 0 Å². The van der Waals surface area contributed by atoms with Crippen molar-refractivity contribution in [2.75, 3.05) is 13.1 Å². The zero-order valence-electron chi connectivity index (χ0n) is 9.61. The molecule has 16 heavy (non-hydrogen) atoms. The summed E-state index contributed by atoms with van der Waals surface area (Å²) < 4.78 is 0. The van der Waals surface area contributed by atoms with Crippen LogP contribution in [0.5, 0.6) is 0 Å². The van der Waals surface area contributed by atoms with E-state index in [1.807, 2.05) is 5.43 Å². The topological polar surface area (TPSA) is 98.7 Å². The summed E-state index contributed by atoms with van der Waals surface area (Å²) in [6, 6.07) is 0. The van der Waals surface area contributed by atoms with E-state index in [0.29, 0.717) is 12.8 Å². The van der Waals surface area contributed by atoms with E-state index in [9.17, 15) is 14.4 Å². The number of amides is 2. The highest BCUT2D eigenvalue weighted by Gasteiger charge is 2.31. The van der Waals surface area contributed by atoms with E-state index in [2.05, 4.69) is 5.43 Å². The van der Waals surface area contributed by atoms with Crippen molar-refractivity contribution in [1.82, 2.24) is 15.8 Å². The fourth-order valence-electron chi connectivity index (χ4n) is 1.10. The molecule has 3 N–H and O–H groups in total. The average Bonchev–Trinajstić information content (AvgIpc) is 2.22. The highest BCUT2D eigenvalue weighted by atomic mass is 16.4. The lowest BCUT2D eigenvalue weighted by molar-refractivity contribution is -0.138. The van der Waals surface area contributed by atoms with Crippen LogP contribution in [0.15, 0.2) is 0 Å². The van der Waals surface area contributed by atoms with Gasteiger partial charge in [0.25, 0.3) is 0 Å². The van der Waals surface area contributed by atoms with Crippen LogP contribution in [-0.4, -0.2) is 46.9 Å². The van der Waals surface area contributed by atoms with Crippen molar-refractivity contribution in [3.05, 3.63) is 0 Å². The summed E-state index contributed by atoms with van der Waals surface area (Å²) in [6.45, 7) is 5.17. The third kappa shape index (κ3) is 4.26. The molecule has 0 rings (SSSR count). The Morgan fingerprint density at radius 2 is 2.00 bits per heavy atom. The second-order valence-electron chi connectivity index (χ2n) is 3.69. The summed E-state index contributed by atoms with van der Waals surface area (Å²) in [5, 5.41) is 8.40. The maximum Gasteiger partial charge on any atom is 0.419 e. The summed E-state index contributed by atoms with van der Waals surface area (Å²) in [5.41, 5.74) is 3.19. The Kier molecular flexibility index (Phi) is 5.44. The number of aldehydes is 1. The monoisotopic (exact) mass is 231 g/mol. The summed E-state index contributed by atoms with van der Waals surface area (Å²) in [7, 11) is 0. The van der Waals surface area contributed by atoms with Gasteiger partial charge in [0.15, 0.2) is 0 Å². The molecule has 0 atom stereocenters. The van der Waals surface area contributed by atoms with Gasteiger partial charge >= 0.3 is 6.09 Å². The van der Waals surface area contributed by atoms with Gasteiger partial charge in [0, 0.05) is 6.54 Å². The zero-order chi connectivity index (χ0) is 12.8. The standard InChI is InChI=1S/C9H17N3O4/c1-4-12(5-6-13)7(14)9(2,3)11-10-8(15)16/h6,10-11H,4-5H2,1-3H3,(H,15,16). The Labute approximate surface area is 93.8 Å². The lowest BCUT2D eigenvalue weighted by Crippen LogP contribution is -2.59. The Bertz CT molecular complexity index is 278. The fraction of sp³-hybridized carbons (Fsp3) is 0.667. The predicted octanol–water partition coefficient (Wildman–Crippen LogP) is -0.415. The number of hydrogen-bond donors (Lipinski definition) is 3. The Morgan fingerprint density at radius 1 is 1.44 bits per heavy atom. The van der Waals surface area contributed by atoms with Gasteiger partial charge in [-0.2, -0.15) is 0 Å². The molecule has 0 aromatic carbocycles. The molecule has 0 aliphatic carbocycles. The predicted molar refractivity (Wildman–Crippen MR) is 56.7 cm³/mol. The molecule has 0 heterocycles. The molecule has 0 aliphatic heterocycles. The Morgan fingerprint density at radius 3 is 2.38 bits per heavy atom. The lowest BCUT2D eigenvalue weighted by Gasteiger charge is -2.30. The second-order valence-corrected chi connectivity index (χ2v) is 3.69. The number of nitrogens with zero attached hydrogens (tertiary/aromatic N) is 1. The van der Waals surface area contributed by atoms with E-state index in [1.54, 1.807) is 6.92 Å². The van der Waals surface area contributed by atoms with Gasteiger partial charge in [0.05, 0.1) is 6.54 Å². The third-order valence-electron chi connectivity index (χ3n) is 1.98. The first-order chi connectivity index (χ1) is 7.35. The summed E-state index contributed by atoms with van der Waals surface area (Å²) >= 11 is 0. The fourth-order valence-corrected chi connectivity index (χ4v) is 1.10. The SMILES string of the molecule is CCN(CC=O)C(=O)C(C)(C)NNC(=O)O. The zero-order valence-corrected chi connectivity index (χ0v) is 9.61. The molecule has 0 aliphatic rings. The number of rotatable bonds is 6. The minimum Gasteiger partial charge on any atom is -0.464 e. The van der Waals surface area contributed by atoms with E-state index >= 15 is 0 Å². The molecule has 0 saturated carbocycles. The molecule has 0 aromatic rings. The van der Waals surface area contributed by atoms with Crippen LogP contribution >= 0.6 is 0 Å². The molecular weight excluding hydrogens is 214 g/mol. The van der Waals surface area contributed by atoms with E-state index in [-0.39, 0.29) is 12.5 Å². The first-order valence-corrected chi connectivity index (χ1v) is 4.84. The van der Waals surface area contributed by atoms with Crippen molar-refractivity contribution in [2.45, 2.75) is 26.3 Å². The van der Waals surface area contributed by atoms with Crippen LogP contribution in [0.1, 0.15) is 20.8 Å². The second kappa shape index (κ2) is 6.06. The van der Waals surface area contributed by atoms with Gasteiger partial charge in [0.1, 0.15) is 11.8 Å². The number of carbonyl (C=O) groups is 3. The van der Waals surface area contributed by atoms with Crippen LogP contribution in [0, 0.1) is 0 Å². The smallest absolute Gasteiger partial charge is 0.419 e. The molecule has 0 unspecified atom stereocenters. The summed E-state index contributed by atoms with van der Waals surface area (Å²) in [5.74, 6) is -0.351. The molecule has 0 aromatic heterocycles. The highest BCUT2D eigenvalue weighted by molar-refractivity contribution is 5.87. The van der Waals surface area contributed by atoms with Gasteiger partial charge in [-0.15, -0.1) is 0 Å². The largest absolute Gasteiger partial charge is 0.464 e. The van der Waals surface area contributed by atoms with Crippen LogP contribution in [0.25, 0.3) is 0 Å². The van der Waals surface area contributed by atoms with Crippen LogP contribution in [0.4, 0.5) is 4.79 Å². The Balaban J connectivity index is 4.52. The van der Waals surface area contributed by atoms with Crippen LogP contribution in [0.2, 0.25) is 0 Å². The minimum atomic E-state index is -1.28. The van der Waals surface area contributed by atoms with Crippen molar-refractivity contribution >= 4 is 18.3 Å². The summed E-state index contributed by atoms with van der Waals surface area (Å²) in [6.07, 6.45) is -0.651. The van der Waals surface area contributed by atoms with Crippen LogP contribution in [0.3, 0.4) is 0 Å². The number of carbonyl (C=O) groups excluding carboxylic acids is 2. The molecule has 7 nitrogen and oxygen atoms in total. The van der Waals surface area contributed by atoms with Gasteiger partial charge < -0.3 is 14.8 Å². The summed E-state index contributed by atoms with van der Waals surface area (Å²) in [4.78, 5) is 33.8. The number of nitrogens with one attached hydrogen (secondary N) is 2. The molecule has 0 saturated heterocycles. The van der Waals surface area contributed by atoms with E-state index in [1.165, 1.54) is 18.7 Å². The van der Waals surface area contributed by atoms with Crippen LogP contribution in [-0.2, 0) is 9.59 Å². The number of hydrogen-bond acceptors (Lipinski definition) is 4. The first kappa shape index (κ1) is 14.4. The van der Waals surface area contributed by atoms with Gasteiger partial charge in [-0.05, 0) is 20.8 Å². The van der Waals surface area contributed by atoms with E-state index in [4.69, 9.17) is 5.11 Å². The molecule has 0 fully saturated rings. The van der Waals surface area contributed by atoms with Gasteiger partial charge in [-0.1, -0.05) is 0 Å². The molecule has 2 amide bonds. The maximum atomic E-state index is 11.9. The minimum absolute atomic E-state index is 0.00643. The van der Waals surface area contributed by atoms with E-state index in [0.717, 1.165) is 0 Å². The molecule has 0 radical (unpaired) electrons. The maximum absolute atomic E-state index is 11.9. The van der Waals surface area contributed by atoms with Crippen molar-refractivity contribution in [2.24, 2.45) is 0 Å². The van der Waals surface area contributed by atoms with Crippen molar-refractivity contribution in [1.29, 1.82) is 0 Å². The molecule has 92 valence electrons. The Hall–Kier alpha value is -1.63. The number of hydrazine groups is 1. The average molecular weight is 231 g/mol. The quantitative estimate of drug-likeness (QED) is 0.426. The molecular formula is C9H17N3O4. The third-order valence-corrected chi connectivity index (χ3v) is 1.98. The first-order valence-electron chi connectivity index (χ1n) is 4.84. The van der Waals surface area contributed by atoms with Crippen LogP contribution < -0.4 is 10.9 Å². The molecule has 7 heteroatoms. The number of carboxylic acid groups (broad SMARTS) is 1. The van der Waals surface area contributed by atoms with Crippen molar-refractivity contribution < 1.29 is 19.5 Å². The molecule has 0 spiro atoms. The van der Waals surface area contributed by atoms with E-state index < -0.39 is 11.6 Å². The normalized spacial score (nSPS) is 10.7. The molecule has 0 bridgehead atoms. The number of likely N-dealkylation sites (N-methyl/N-ethyl adjacent to an activating group) is 1. The van der Waals surface area contributed by atoms with Crippen molar-refractivity contribution in [3.8, 4) is 0 Å².